The number of hydrogen-bond donors (Lipinski definition) is 0. The Labute approximate surface area is 158 Å². The van der Waals surface area contributed by atoms with Gasteiger partial charge in [-0.1, -0.05) is 43.3 Å². The van der Waals surface area contributed by atoms with Crippen LogP contribution in [0, 0.1) is 5.41 Å². The molecule has 0 aliphatic carbocycles. The topological polar surface area (TPSA) is 19.4 Å². The lowest BCUT2D eigenvalue weighted by Crippen LogP contribution is -2.51. The number of hydrogen-bond acceptors (Lipinski definition) is 3. The minimum atomic E-state index is 0.500. The summed E-state index contributed by atoms with van der Waals surface area (Å²) in [5.74, 6) is 0.690. The van der Waals surface area contributed by atoms with E-state index in [1.165, 1.54) is 63.1 Å². The number of likely N-dealkylation sites (tertiary alicyclic amines) is 2. The third-order valence-corrected chi connectivity index (χ3v) is 6.48. The smallest absolute Gasteiger partial charge is 0.0312 e. The largest absolute Gasteiger partial charge is 0.302 e. The zero-order valence-corrected chi connectivity index (χ0v) is 16.0. The summed E-state index contributed by atoms with van der Waals surface area (Å²) in [5, 5.41) is 0. The highest BCUT2D eigenvalue weighted by molar-refractivity contribution is 5.21. The highest BCUT2D eigenvalue weighted by Gasteiger charge is 2.41. The third-order valence-electron chi connectivity index (χ3n) is 6.48. The summed E-state index contributed by atoms with van der Waals surface area (Å²) in [4.78, 5) is 9.57. The molecule has 0 bridgehead atoms. The molecule has 26 heavy (non-hydrogen) atoms. The van der Waals surface area contributed by atoms with Gasteiger partial charge in [-0.25, -0.2) is 0 Å². The van der Waals surface area contributed by atoms with Crippen molar-refractivity contribution in [2.24, 2.45) is 5.41 Å². The number of benzene rings is 1. The van der Waals surface area contributed by atoms with Crippen molar-refractivity contribution in [2.75, 3.05) is 32.7 Å². The normalized spacial score (nSPS) is 24.0. The third kappa shape index (κ3) is 3.99. The standard InChI is InChI=1S/C23H31N3/c1-2-25-18-22(21-8-4-3-5-9-21)15-23(19-25)10-13-26(14-11-23)17-20-7-6-12-24-16-20/h3-9,12,16,22H,2,10-11,13-15,17-19H2,1H3. The van der Waals surface area contributed by atoms with Crippen LogP contribution in [0.25, 0.3) is 0 Å². The first-order valence-electron chi connectivity index (χ1n) is 10.1. The molecule has 0 N–H and O–H groups in total. The first kappa shape index (κ1) is 17.7. The molecule has 2 aromatic rings. The monoisotopic (exact) mass is 349 g/mol. The highest BCUT2D eigenvalue weighted by Crippen LogP contribution is 2.45. The van der Waals surface area contributed by atoms with Gasteiger partial charge in [0.15, 0.2) is 0 Å². The maximum atomic E-state index is 4.26. The number of rotatable bonds is 4. The van der Waals surface area contributed by atoms with E-state index in [0.717, 1.165) is 6.54 Å². The van der Waals surface area contributed by atoms with E-state index in [-0.39, 0.29) is 0 Å². The second-order valence-electron chi connectivity index (χ2n) is 8.28. The lowest BCUT2D eigenvalue weighted by molar-refractivity contribution is 0.0137. The Kier molecular flexibility index (Phi) is 5.37. The molecule has 2 saturated heterocycles. The van der Waals surface area contributed by atoms with Gasteiger partial charge in [0.05, 0.1) is 0 Å². The quantitative estimate of drug-likeness (QED) is 0.826. The van der Waals surface area contributed by atoms with Crippen LogP contribution in [0.1, 0.15) is 43.2 Å². The van der Waals surface area contributed by atoms with E-state index >= 15 is 0 Å². The van der Waals surface area contributed by atoms with Crippen molar-refractivity contribution in [3.63, 3.8) is 0 Å². The SMILES string of the molecule is CCN1CC(c2ccccc2)CC2(CCN(Cc3cccnc3)CC2)C1. The van der Waals surface area contributed by atoms with E-state index in [9.17, 15) is 0 Å². The average Bonchev–Trinajstić information content (AvgIpc) is 2.71. The van der Waals surface area contributed by atoms with Crippen LogP contribution in [-0.2, 0) is 6.54 Å². The van der Waals surface area contributed by atoms with Gasteiger partial charge in [-0.15, -0.1) is 0 Å². The van der Waals surface area contributed by atoms with Crippen molar-refractivity contribution < 1.29 is 0 Å². The first-order chi connectivity index (χ1) is 12.8. The van der Waals surface area contributed by atoms with Crippen molar-refractivity contribution in [1.29, 1.82) is 0 Å². The second kappa shape index (κ2) is 7.89. The summed E-state index contributed by atoms with van der Waals surface area (Å²) in [6, 6.07) is 15.4. The molecular formula is C23H31N3. The molecule has 3 nitrogen and oxygen atoms in total. The maximum absolute atomic E-state index is 4.26. The highest BCUT2D eigenvalue weighted by atomic mass is 15.2. The Morgan fingerprint density at radius 1 is 1.04 bits per heavy atom. The van der Waals surface area contributed by atoms with Gasteiger partial charge >= 0.3 is 0 Å². The van der Waals surface area contributed by atoms with Crippen LogP contribution in [-0.4, -0.2) is 47.5 Å². The van der Waals surface area contributed by atoms with Gasteiger partial charge in [-0.3, -0.25) is 9.88 Å². The number of aromatic nitrogens is 1. The van der Waals surface area contributed by atoms with Crippen molar-refractivity contribution in [3.8, 4) is 0 Å². The van der Waals surface area contributed by atoms with Crippen molar-refractivity contribution >= 4 is 0 Å². The molecule has 1 spiro atoms. The van der Waals surface area contributed by atoms with Crippen LogP contribution in [0.5, 0.6) is 0 Å². The van der Waals surface area contributed by atoms with Crippen molar-refractivity contribution in [1.82, 2.24) is 14.8 Å². The lowest BCUT2D eigenvalue weighted by Gasteiger charge is -2.50. The van der Waals surface area contributed by atoms with Crippen LogP contribution in [0.3, 0.4) is 0 Å². The second-order valence-corrected chi connectivity index (χ2v) is 8.28. The molecule has 1 atom stereocenters. The molecular weight excluding hydrogens is 318 g/mol. The molecule has 1 aromatic carbocycles. The van der Waals surface area contributed by atoms with Crippen LogP contribution >= 0.6 is 0 Å². The number of pyridine rings is 1. The minimum absolute atomic E-state index is 0.500. The summed E-state index contributed by atoms with van der Waals surface area (Å²) in [7, 11) is 0. The molecule has 3 heteroatoms. The van der Waals surface area contributed by atoms with Crippen LogP contribution in [0.15, 0.2) is 54.9 Å². The Hall–Kier alpha value is -1.71. The summed E-state index contributed by atoms with van der Waals surface area (Å²) in [6.07, 6.45) is 7.88. The van der Waals surface area contributed by atoms with Crippen molar-refractivity contribution in [2.45, 2.75) is 38.6 Å². The van der Waals surface area contributed by atoms with E-state index in [1.807, 2.05) is 18.5 Å². The van der Waals surface area contributed by atoms with Gasteiger partial charge in [0.25, 0.3) is 0 Å². The molecule has 4 rings (SSSR count). The van der Waals surface area contributed by atoms with E-state index in [1.54, 1.807) is 0 Å². The molecule has 0 saturated carbocycles. The van der Waals surface area contributed by atoms with E-state index < -0.39 is 0 Å². The molecule has 2 aliphatic heterocycles. The predicted molar refractivity (Wildman–Crippen MR) is 107 cm³/mol. The summed E-state index contributed by atoms with van der Waals surface area (Å²) < 4.78 is 0. The van der Waals surface area contributed by atoms with Gasteiger partial charge in [0.2, 0.25) is 0 Å². The number of likely N-dealkylation sites (N-methyl/N-ethyl adjacent to an activating group) is 1. The van der Waals surface area contributed by atoms with Crippen LogP contribution < -0.4 is 0 Å². The molecule has 138 valence electrons. The number of nitrogens with zero attached hydrogens (tertiary/aromatic N) is 3. The van der Waals surface area contributed by atoms with E-state index in [2.05, 4.69) is 58.1 Å². The summed E-state index contributed by atoms with van der Waals surface area (Å²) >= 11 is 0. The fourth-order valence-corrected chi connectivity index (χ4v) is 4.99. The molecule has 1 unspecified atom stereocenters. The van der Waals surface area contributed by atoms with Gasteiger partial charge in [0, 0.05) is 32.0 Å². The van der Waals surface area contributed by atoms with Crippen LogP contribution in [0.2, 0.25) is 0 Å². The maximum Gasteiger partial charge on any atom is 0.0312 e. The van der Waals surface area contributed by atoms with Gasteiger partial charge in [-0.05, 0) is 67.4 Å². The lowest BCUT2D eigenvalue weighted by atomic mass is 9.68. The zero-order chi connectivity index (χ0) is 17.8. The Morgan fingerprint density at radius 2 is 1.85 bits per heavy atom. The molecule has 2 aliphatic rings. The summed E-state index contributed by atoms with van der Waals surface area (Å²) in [5.41, 5.74) is 3.37. The fraction of sp³-hybridized carbons (Fsp3) is 0.522. The van der Waals surface area contributed by atoms with E-state index in [0.29, 0.717) is 11.3 Å². The molecule has 0 amide bonds. The average molecular weight is 350 g/mol. The molecule has 2 fully saturated rings. The van der Waals surface area contributed by atoms with Crippen LogP contribution in [0.4, 0.5) is 0 Å². The van der Waals surface area contributed by atoms with Crippen molar-refractivity contribution in [3.05, 3.63) is 66.0 Å². The van der Waals surface area contributed by atoms with Gasteiger partial charge in [0.1, 0.15) is 0 Å². The summed E-state index contributed by atoms with van der Waals surface area (Å²) in [6.45, 7) is 9.48. The molecule has 0 radical (unpaired) electrons. The molecule has 1 aromatic heterocycles. The fourth-order valence-electron chi connectivity index (χ4n) is 4.99. The number of piperidine rings is 2. The van der Waals surface area contributed by atoms with E-state index in [4.69, 9.17) is 0 Å². The Morgan fingerprint density at radius 3 is 2.54 bits per heavy atom. The first-order valence-corrected chi connectivity index (χ1v) is 10.1. The van der Waals surface area contributed by atoms with Gasteiger partial charge < -0.3 is 4.90 Å². The predicted octanol–water partition coefficient (Wildman–Crippen LogP) is 4.17. The Bertz CT molecular complexity index is 677. The zero-order valence-electron chi connectivity index (χ0n) is 16.0. The Balaban J connectivity index is 1.43. The minimum Gasteiger partial charge on any atom is -0.302 e. The molecule has 3 heterocycles. The van der Waals surface area contributed by atoms with Gasteiger partial charge in [-0.2, -0.15) is 0 Å².